The first-order valence-corrected chi connectivity index (χ1v) is 9.63. The molecule has 0 N–H and O–H groups in total. The van der Waals surface area contributed by atoms with Crippen molar-refractivity contribution in [1.82, 2.24) is 0 Å². The predicted octanol–water partition coefficient (Wildman–Crippen LogP) is 5.59. The van der Waals surface area contributed by atoms with Crippen LogP contribution in [-0.2, 0) is 22.5 Å². The van der Waals surface area contributed by atoms with Crippen molar-refractivity contribution in [2.24, 2.45) is 0 Å². The number of fused-ring (bicyclic) bond motifs is 1. The molecule has 25 heavy (non-hydrogen) atoms. The lowest BCUT2D eigenvalue weighted by Crippen LogP contribution is -2.11. The summed E-state index contributed by atoms with van der Waals surface area (Å²) in [6.45, 7) is 4.93. The number of ether oxygens (including phenoxy) is 2. The van der Waals surface area contributed by atoms with Crippen molar-refractivity contribution in [1.29, 1.82) is 0 Å². The fourth-order valence-corrected chi connectivity index (χ4v) is 3.79. The lowest BCUT2D eigenvalue weighted by molar-refractivity contribution is 0.0525. The molecule has 4 heteroatoms. The van der Waals surface area contributed by atoms with Gasteiger partial charge in [-0.25, -0.2) is 4.79 Å². The summed E-state index contributed by atoms with van der Waals surface area (Å²) in [7, 11) is 0. The van der Waals surface area contributed by atoms with Crippen LogP contribution >= 0.6 is 15.9 Å². The average Bonchev–Trinajstić information content (AvgIpc) is 3.04. The molecule has 0 aromatic heterocycles. The number of rotatable bonds is 6. The van der Waals surface area contributed by atoms with Crippen LogP contribution in [0.15, 0.2) is 40.9 Å². The highest BCUT2D eigenvalue weighted by Crippen LogP contribution is 2.39. The molecule has 0 fully saturated rings. The summed E-state index contributed by atoms with van der Waals surface area (Å²) in [6.07, 6.45) is 2.93. The number of carbonyl (C=O) groups is 1. The number of carbonyl (C=O) groups excluding carboxylic acids is 1. The topological polar surface area (TPSA) is 35.5 Å². The van der Waals surface area contributed by atoms with E-state index >= 15 is 0 Å². The van der Waals surface area contributed by atoms with Crippen molar-refractivity contribution in [3.05, 3.63) is 68.7 Å². The van der Waals surface area contributed by atoms with E-state index < -0.39 is 0 Å². The van der Waals surface area contributed by atoms with Crippen LogP contribution in [0.5, 0.6) is 0 Å². The maximum absolute atomic E-state index is 12.4. The van der Waals surface area contributed by atoms with Crippen LogP contribution in [0.25, 0.3) is 0 Å². The fourth-order valence-electron chi connectivity index (χ4n) is 3.37. The van der Waals surface area contributed by atoms with Crippen LogP contribution in [0.1, 0.15) is 65.4 Å². The van der Waals surface area contributed by atoms with Gasteiger partial charge in [0.15, 0.2) is 0 Å². The van der Waals surface area contributed by atoms with E-state index in [-0.39, 0.29) is 12.1 Å². The molecule has 0 radical (unpaired) electrons. The second kappa shape index (κ2) is 8.15. The van der Waals surface area contributed by atoms with Crippen molar-refractivity contribution in [2.45, 2.75) is 45.8 Å². The van der Waals surface area contributed by atoms with E-state index in [1.165, 1.54) is 0 Å². The van der Waals surface area contributed by atoms with Gasteiger partial charge in [-0.1, -0.05) is 47.5 Å². The summed E-state index contributed by atoms with van der Waals surface area (Å²) in [6, 6.07) is 12.1. The Morgan fingerprint density at radius 2 is 2.12 bits per heavy atom. The molecule has 1 heterocycles. The number of hydrogen-bond donors (Lipinski definition) is 0. The molecule has 0 aliphatic carbocycles. The Morgan fingerprint density at radius 3 is 2.84 bits per heavy atom. The van der Waals surface area contributed by atoms with E-state index in [4.69, 9.17) is 9.47 Å². The van der Waals surface area contributed by atoms with Crippen LogP contribution in [0.2, 0.25) is 0 Å². The van der Waals surface area contributed by atoms with Gasteiger partial charge < -0.3 is 9.47 Å². The minimum absolute atomic E-state index is 0.0795. The maximum atomic E-state index is 12.4. The van der Waals surface area contributed by atoms with Gasteiger partial charge in [-0.3, -0.25) is 0 Å². The summed E-state index contributed by atoms with van der Waals surface area (Å²) >= 11 is 3.53. The fraction of sp³-hybridized carbons (Fsp3) is 0.381. The largest absolute Gasteiger partial charge is 0.462 e. The predicted molar refractivity (Wildman–Crippen MR) is 102 cm³/mol. The molecule has 0 bridgehead atoms. The summed E-state index contributed by atoms with van der Waals surface area (Å²) < 4.78 is 12.4. The van der Waals surface area contributed by atoms with E-state index in [9.17, 15) is 4.79 Å². The van der Waals surface area contributed by atoms with Crippen LogP contribution in [0.4, 0.5) is 0 Å². The monoisotopic (exact) mass is 402 g/mol. The van der Waals surface area contributed by atoms with Gasteiger partial charge in [0.25, 0.3) is 0 Å². The lowest BCUT2D eigenvalue weighted by Gasteiger charge is -2.15. The molecule has 1 unspecified atom stereocenters. The minimum atomic E-state index is -0.234. The Hall–Kier alpha value is -1.65. The van der Waals surface area contributed by atoms with E-state index in [0.29, 0.717) is 18.8 Å². The van der Waals surface area contributed by atoms with Crippen LogP contribution in [0, 0.1) is 0 Å². The number of hydrogen-bond acceptors (Lipinski definition) is 3. The van der Waals surface area contributed by atoms with Gasteiger partial charge in [0, 0.05) is 4.47 Å². The number of benzene rings is 2. The van der Waals surface area contributed by atoms with Crippen LogP contribution < -0.4 is 0 Å². The molecule has 0 saturated heterocycles. The van der Waals surface area contributed by atoms with Crippen LogP contribution in [0.3, 0.4) is 0 Å². The first-order chi connectivity index (χ1) is 12.2. The first-order valence-electron chi connectivity index (χ1n) is 8.84. The lowest BCUT2D eigenvalue weighted by atomic mass is 9.90. The van der Waals surface area contributed by atoms with Crippen molar-refractivity contribution < 1.29 is 14.3 Å². The first kappa shape index (κ1) is 18.2. The molecule has 2 aromatic rings. The Labute approximate surface area is 157 Å². The second-order valence-electron chi connectivity index (χ2n) is 6.23. The van der Waals surface area contributed by atoms with E-state index in [2.05, 4.69) is 35.0 Å². The Bertz CT molecular complexity index is 770. The minimum Gasteiger partial charge on any atom is -0.462 e. The SMILES string of the molecule is CCCCc1c(C(=O)OCC)ccc2c1COC2c1cccc(Br)c1. The Kier molecular flexibility index (Phi) is 5.92. The molecule has 1 aliphatic rings. The van der Waals surface area contributed by atoms with Crippen molar-refractivity contribution in [2.75, 3.05) is 6.61 Å². The highest BCUT2D eigenvalue weighted by Gasteiger charge is 2.29. The zero-order valence-corrected chi connectivity index (χ0v) is 16.3. The van der Waals surface area contributed by atoms with Gasteiger partial charge in [-0.05, 0) is 60.2 Å². The summed E-state index contributed by atoms with van der Waals surface area (Å²) in [5.41, 5.74) is 5.22. The third-order valence-corrected chi connectivity index (χ3v) is 5.06. The summed E-state index contributed by atoms with van der Waals surface area (Å²) in [4.78, 5) is 12.4. The standard InChI is InChI=1S/C21H23BrO3/c1-3-5-9-16-18(21(23)24-4-2)11-10-17-19(16)13-25-20(17)14-7-6-8-15(22)12-14/h6-8,10-12,20H,3-5,9,13H2,1-2H3. The summed E-state index contributed by atoms with van der Waals surface area (Å²) in [5.74, 6) is -0.234. The molecule has 3 rings (SSSR count). The van der Waals surface area contributed by atoms with E-state index in [0.717, 1.165) is 46.0 Å². The molecule has 3 nitrogen and oxygen atoms in total. The zero-order chi connectivity index (χ0) is 17.8. The number of unbranched alkanes of at least 4 members (excludes halogenated alkanes) is 1. The third kappa shape index (κ3) is 3.80. The maximum Gasteiger partial charge on any atom is 0.338 e. The van der Waals surface area contributed by atoms with Crippen molar-refractivity contribution in [3.63, 3.8) is 0 Å². The van der Waals surface area contributed by atoms with E-state index in [1.807, 2.05) is 31.2 Å². The van der Waals surface area contributed by atoms with Gasteiger partial charge in [-0.15, -0.1) is 0 Å². The van der Waals surface area contributed by atoms with Gasteiger partial charge in [0.05, 0.1) is 18.8 Å². The Balaban J connectivity index is 2.02. The zero-order valence-electron chi connectivity index (χ0n) is 14.7. The van der Waals surface area contributed by atoms with Gasteiger partial charge in [0.1, 0.15) is 6.10 Å². The molecular weight excluding hydrogens is 380 g/mol. The molecule has 0 amide bonds. The van der Waals surface area contributed by atoms with Gasteiger partial charge >= 0.3 is 5.97 Å². The molecular formula is C21H23BrO3. The molecule has 2 aromatic carbocycles. The number of esters is 1. The van der Waals surface area contributed by atoms with Crippen LogP contribution in [-0.4, -0.2) is 12.6 Å². The Morgan fingerprint density at radius 1 is 1.28 bits per heavy atom. The third-order valence-electron chi connectivity index (χ3n) is 4.57. The molecule has 0 spiro atoms. The second-order valence-corrected chi connectivity index (χ2v) is 7.15. The smallest absolute Gasteiger partial charge is 0.338 e. The molecule has 0 saturated carbocycles. The summed E-state index contributed by atoms with van der Waals surface area (Å²) in [5, 5.41) is 0. The number of halogens is 1. The van der Waals surface area contributed by atoms with Gasteiger partial charge in [0.2, 0.25) is 0 Å². The highest BCUT2D eigenvalue weighted by atomic mass is 79.9. The highest BCUT2D eigenvalue weighted by molar-refractivity contribution is 9.10. The quantitative estimate of drug-likeness (QED) is 0.590. The van der Waals surface area contributed by atoms with Crippen molar-refractivity contribution >= 4 is 21.9 Å². The average molecular weight is 403 g/mol. The van der Waals surface area contributed by atoms with Gasteiger partial charge in [-0.2, -0.15) is 0 Å². The van der Waals surface area contributed by atoms with Crippen molar-refractivity contribution in [3.8, 4) is 0 Å². The molecule has 1 atom stereocenters. The molecule has 1 aliphatic heterocycles. The molecule has 132 valence electrons. The van der Waals surface area contributed by atoms with E-state index in [1.54, 1.807) is 0 Å². The normalized spacial score (nSPS) is 15.9.